The maximum atomic E-state index is 12.6. The summed E-state index contributed by atoms with van der Waals surface area (Å²) >= 11 is 1.17. The molecule has 1 heterocycles. The maximum Gasteiger partial charge on any atom is 0.274 e. The Labute approximate surface area is 225 Å². The highest BCUT2D eigenvalue weighted by Gasteiger charge is 2.24. The molecule has 0 atom stereocenters. The van der Waals surface area contributed by atoms with Gasteiger partial charge >= 0.3 is 0 Å². The van der Waals surface area contributed by atoms with Crippen LogP contribution < -0.4 is 14.8 Å². The van der Waals surface area contributed by atoms with Crippen LogP contribution in [0.3, 0.4) is 0 Å². The number of benzene rings is 3. The molecule has 8 nitrogen and oxygen atoms in total. The number of amidine groups is 1. The first-order valence-corrected chi connectivity index (χ1v) is 12.8. The second-order valence-corrected chi connectivity index (χ2v) is 10.3. The fourth-order valence-corrected chi connectivity index (χ4v) is 5.15. The van der Waals surface area contributed by atoms with Gasteiger partial charge in [-0.3, -0.25) is 14.9 Å². The number of nitro groups is 1. The van der Waals surface area contributed by atoms with Crippen LogP contribution in [-0.4, -0.2) is 23.1 Å². The highest BCUT2D eigenvalue weighted by Crippen LogP contribution is 2.34. The first-order valence-electron chi connectivity index (χ1n) is 12.0. The summed E-state index contributed by atoms with van der Waals surface area (Å²) in [6.07, 6.45) is 1.74. The van der Waals surface area contributed by atoms with E-state index < -0.39 is 4.92 Å². The number of methoxy groups -OCH3 is 1. The number of aliphatic imine (C=N–C) groups is 1. The first-order chi connectivity index (χ1) is 18.0. The van der Waals surface area contributed by atoms with Gasteiger partial charge in [0.1, 0.15) is 6.61 Å². The van der Waals surface area contributed by atoms with Gasteiger partial charge in [0.2, 0.25) is 0 Å². The zero-order chi connectivity index (χ0) is 27.6. The number of thioether (sulfide) groups is 1. The summed E-state index contributed by atoms with van der Waals surface area (Å²) in [6, 6.07) is 12.9. The summed E-state index contributed by atoms with van der Waals surface area (Å²) in [4.78, 5) is 28.4. The zero-order valence-electron chi connectivity index (χ0n) is 22.2. The number of hydrogen-bond donors (Lipinski definition) is 1. The van der Waals surface area contributed by atoms with Crippen molar-refractivity contribution in [2.75, 3.05) is 7.11 Å². The Hall–Kier alpha value is -4.11. The molecule has 1 aliphatic rings. The third-order valence-electron chi connectivity index (χ3n) is 6.40. The molecule has 0 aromatic heterocycles. The Kier molecular flexibility index (Phi) is 7.87. The van der Waals surface area contributed by atoms with E-state index in [1.165, 1.54) is 34.5 Å². The van der Waals surface area contributed by atoms with Crippen LogP contribution in [0.2, 0.25) is 0 Å². The molecule has 4 rings (SSSR count). The van der Waals surface area contributed by atoms with Gasteiger partial charge < -0.3 is 14.8 Å². The Bertz CT molecular complexity index is 1490. The van der Waals surface area contributed by atoms with Crippen LogP contribution >= 0.6 is 11.8 Å². The third-order valence-corrected chi connectivity index (χ3v) is 7.31. The Morgan fingerprint density at radius 1 is 1.00 bits per heavy atom. The van der Waals surface area contributed by atoms with Crippen LogP contribution in [-0.2, 0) is 11.4 Å². The number of carbonyl (C=O) groups excluding carboxylic acids is 1. The number of rotatable bonds is 7. The summed E-state index contributed by atoms with van der Waals surface area (Å²) in [6.45, 7) is 10.1. The lowest BCUT2D eigenvalue weighted by Gasteiger charge is -2.15. The van der Waals surface area contributed by atoms with Gasteiger partial charge in [0, 0.05) is 11.6 Å². The summed E-state index contributed by atoms with van der Waals surface area (Å²) in [7, 11) is 1.58. The molecule has 196 valence electrons. The van der Waals surface area contributed by atoms with Crippen LogP contribution in [0, 0.1) is 44.7 Å². The number of carbonyl (C=O) groups is 1. The summed E-state index contributed by atoms with van der Waals surface area (Å²) in [5.41, 5.74) is 7.24. The fraction of sp³-hybridized carbons (Fsp3) is 0.241. The third kappa shape index (κ3) is 5.89. The van der Waals surface area contributed by atoms with Crippen molar-refractivity contribution in [1.82, 2.24) is 5.32 Å². The molecule has 1 fully saturated rings. The summed E-state index contributed by atoms with van der Waals surface area (Å²) in [5.74, 6) is 0.870. The van der Waals surface area contributed by atoms with Crippen molar-refractivity contribution < 1.29 is 19.2 Å². The number of nitrogens with zero attached hydrogens (tertiary/aromatic N) is 2. The van der Waals surface area contributed by atoms with Gasteiger partial charge in [-0.25, -0.2) is 4.99 Å². The average molecular weight is 532 g/mol. The van der Waals surface area contributed by atoms with E-state index >= 15 is 0 Å². The summed E-state index contributed by atoms with van der Waals surface area (Å²) in [5, 5.41) is 14.4. The van der Waals surface area contributed by atoms with E-state index in [-0.39, 0.29) is 11.6 Å². The molecule has 0 aliphatic carbocycles. The quantitative estimate of drug-likeness (QED) is 0.209. The smallest absolute Gasteiger partial charge is 0.274 e. The van der Waals surface area contributed by atoms with E-state index in [1.54, 1.807) is 33.1 Å². The van der Waals surface area contributed by atoms with E-state index in [1.807, 2.05) is 18.2 Å². The molecule has 0 spiro atoms. The van der Waals surface area contributed by atoms with Gasteiger partial charge in [-0.15, -0.1) is 0 Å². The molecular weight excluding hydrogens is 502 g/mol. The van der Waals surface area contributed by atoms with E-state index in [4.69, 9.17) is 9.47 Å². The number of aryl methyl sites for hydroxylation is 4. The average Bonchev–Trinajstić information content (AvgIpc) is 3.19. The van der Waals surface area contributed by atoms with Crippen molar-refractivity contribution in [2.24, 2.45) is 4.99 Å². The van der Waals surface area contributed by atoms with Crippen molar-refractivity contribution in [1.29, 1.82) is 0 Å². The topological polar surface area (TPSA) is 103 Å². The molecule has 1 saturated heterocycles. The number of nitrogens with one attached hydrogen (secondary N) is 1. The molecule has 0 bridgehead atoms. The Balaban J connectivity index is 1.53. The second kappa shape index (κ2) is 11.1. The van der Waals surface area contributed by atoms with Crippen molar-refractivity contribution >= 4 is 40.3 Å². The molecule has 3 aromatic rings. The van der Waals surface area contributed by atoms with Crippen molar-refractivity contribution in [3.8, 4) is 11.5 Å². The van der Waals surface area contributed by atoms with Crippen LogP contribution in [0.15, 0.2) is 52.4 Å². The van der Waals surface area contributed by atoms with Crippen LogP contribution in [0.1, 0.15) is 38.9 Å². The van der Waals surface area contributed by atoms with Crippen LogP contribution in [0.25, 0.3) is 6.08 Å². The second-order valence-electron chi connectivity index (χ2n) is 9.22. The molecule has 0 saturated carbocycles. The Morgan fingerprint density at radius 3 is 2.37 bits per heavy atom. The molecule has 0 radical (unpaired) electrons. The van der Waals surface area contributed by atoms with Crippen molar-refractivity contribution in [3.05, 3.63) is 96.4 Å². The van der Waals surface area contributed by atoms with Crippen LogP contribution in [0.5, 0.6) is 11.5 Å². The molecular formula is C29H29N3O5S. The minimum Gasteiger partial charge on any atom is -0.493 e. The van der Waals surface area contributed by atoms with E-state index in [0.717, 1.165) is 16.7 Å². The van der Waals surface area contributed by atoms with Gasteiger partial charge in [0.25, 0.3) is 11.6 Å². The maximum absolute atomic E-state index is 12.6. The van der Waals surface area contributed by atoms with E-state index in [0.29, 0.717) is 39.4 Å². The lowest BCUT2D eigenvalue weighted by molar-refractivity contribution is -0.385. The lowest BCUT2D eigenvalue weighted by Crippen LogP contribution is -2.19. The number of amides is 1. The highest BCUT2D eigenvalue weighted by atomic mass is 32.2. The van der Waals surface area contributed by atoms with Gasteiger partial charge in [-0.05, 0) is 98.5 Å². The molecule has 38 heavy (non-hydrogen) atoms. The highest BCUT2D eigenvalue weighted by molar-refractivity contribution is 8.18. The van der Waals surface area contributed by atoms with Gasteiger partial charge in [-0.2, -0.15) is 0 Å². The minimum absolute atomic E-state index is 0.00320. The van der Waals surface area contributed by atoms with Crippen molar-refractivity contribution in [2.45, 2.75) is 41.2 Å². The number of ether oxygens (including phenoxy) is 2. The molecule has 1 amide bonds. The number of nitro benzene ring substituents is 1. The van der Waals surface area contributed by atoms with E-state index in [9.17, 15) is 14.9 Å². The summed E-state index contributed by atoms with van der Waals surface area (Å²) < 4.78 is 11.6. The van der Waals surface area contributed by atoms with Crippen molar-refractivity contribution in [3.63, 3.8) is 0 Å². The van der Waals surface area contributed by atoms with Gasteiger partial charge in [0.05, 0.1) is 22.6 Å². The predicted molar refractivity (Wildman–Crippen MR) is 151 cm³/mol. The molecule has 1 N–H and O–H groups in total. The van der Waals surface area contributed by atoms with Gasteiger partial charge in [0.15, 0.2) is 16.7 Å². The first kappa shape index (κ1) is 26.9. The van der Waals surface area contributed by atoms with Gasteiger partial charge in [-0.1, -0.05) is 23.8 Å². The monoisotopic (exact) mass is 531 g/mol. The molecule has 9 heteroatoms. The van der Waals surface area contributed by atoms with Crippen LogP contribution in [0.4, 0.5) is 11.4 Å². The molecule has 3 aromatic carbocycles. The molecule has 0 unspecified atom stereocenters. The SMILES string of the molecule is COc1cc(/C=C2\SC(=Nc3cc(C)c(C)c([N+](=O)[O-])c3)NC2=O)ccc1OCc1c(C)cc(C)cc1C. The molecule has 1 aliphatic heterocycles. The largest absolute Gasteiger partial charge is 0.493 e. The van der Waals surface area contributed by atoms with E-state index in [2.05, 4.69) is 43.2 Å². The standard InChI is InChI=1S/C29H29N3O5S/c1-16-9-18(3)23(19(4)10-16)15-37-25-8-7-21(12-26(25)36-6)13-27-28(33)31-29(38-27)30-22-11-17(2)20(5)24(14-22)32(34)35/h7-14H,15H2,1-6H3,(H,30,31,33)/b27-13-. The predicted octanol–water partition coefficient (Wildman–Crippen LogP) is 6.62. The Morgan fingerprint density at radius 2 is 1.71 bits per heavy atom. The number of hydrogen-bond acceptors (Lipinski definition) is 7. The zero-order valence-corrected chi connectivity index (χ0v) is 23.0. The normalized spacial score (nSPS) is 15.2. The minimum atomic E-state index is -0.429. The lowest BCUT2D eigenvalue weighted by atomic mass is 10.0. The fourth-order valence-electron chi connectivity index (χ4n) is 4.31.